The molecule has 1 amide bonds. The standard InChI is InChI=1S/C22H26N6O3/c1-15-23-10-12-28(15)21-9-8-20(25-26-21)27-11-4-5-16(14-27)22(29)24-18-7-6-17(30-2)13-19(18)31-3/h6-10,12-13,16H,4-5,11,14H2,1-3H3,(H,24,29). The maximum absolute atomic E-state index is 12.9. The molecule has 0 bridgehead atoms. The smallest absolute Gasteiger partial charge is 0.229 e. The fourth-order valence-corrected chi connectivity index (χ4v) is 3.77. The lowest BCUT2D eigenvalue weighted by molar-refractivity contribution is -0.120. The number of hydrogen-bond donors (Lipinski definition) is 1. The van der Waals surface area contributed by atoms with Gasteiger partial charge in [-0.05, 0) is 44.0 Å². The van der Waals surface area contributed by atoms with Crippen LogP contribution in [0.3, 0.4) is 0 Å². The van der Waals surface area contributed by atoms with E-state index in [1.807, 2.05) is 29.8 Å². The molecule has 2 aromatic heterocycles. The summed E-state index contributed by atoms with van der Waals surface area (Å²) in [7, 11) is 3.16. The zero-order chi connectivity index (χ0) is 21.8. The van der Waals surface area contributed by atoms with Crippen LogP contribution < -0.4 is 19.7 Å². The van der Waals surface area contributed by atoms with E-state index in [0.29, 0.717) is 23.7 Å². The summed E-state index contributed by atoms with van der Waals surface area (Å²) in [4.78, 5) is 19.3. The molecule has 4 rings (SSSR count). The topological polar surface area (TPSA) is 94.4 Å². The number of nitrogens with zero attached hydrogens (tertiary/aromatic N) is 5. The summed E-state index contributed by atoms with van der Waals surface area (Å²) in [5.74, 6) is 3.39. The predicted octanol–water partition coefficient (Wildman–Crippen LogP) is 2.84. The normalized spacial score (nSPS) is 16.1. The number of rotatable bonds is 6. The lowest BCUT2D eigenvalue weighted by Gasteiger charge is -2.32. The van der Waals surface area contributed by atoms with Gasteiger partial charge < -0.3 is 19.7 Å². The third kappa shape index (κ3) is 4.45. The molecule has 1 N–H and O–H groups in total. The minimum atomic E-state index is -0.155. The van der Waals surface area contributed by atoms with Crippen molar-refractivity contribution in [3.63, 3.8) is 0 Å². The number of aryl methyl sites for hydroxylation is 1. The first-order valence-corrected chi connectivity index (χ1v) is 10.2. The van der Waals surface area contributed by atoms with Gasteiger partial charge in [-0.15, -0.1) is 10.2 Å². The zero-order valence-corrected chi connectivity index (χ0v) is 17.9. The minimum absolute atomic E-state index is 0.0354. The second-order valence-corrected chi connectivity index (χ2v) is 7.43. The summed E-state index contributed by atoms with van der Waals surface area (Å²) < 4.78 is 12.5. The second-order valence-electron chi connectivity index (χ2n) is 7.43. The minimum Gasteiger partial charge on any atom is -0.497 e. The van der Waals surface area contributed by atoms with Gasteiger partial charge in [0.25, 0.3) is 0 Å². The van der Waals surface area contributed by atoms with E-state index in [0.717, 1.165) is 36.8 Å². The molecule has 9 nitrogen and oxygen atoms in total. The summed E-state index contributed by atoms with van der Waals surface area (Å²) in [5, 5.41) is 11.7. The highest BCUT2D eigenvalue weighted by Gasteiger charge is 2.27. The van der Waals surface area contributed by atoms with E-state index < -0.39 is 0 Å². The van der Waals surface area contributed by atoms with Crippen molar-refractivity contribution in [1.29, 1.82) is 0 Å². The van der Waals surface area contributed by atoms with Gasteiger partial charge in [0.2, 0.25) is 5.91 Å². The Bertz CT molecular complexity index is 1050. The molecule has 162 valence electrons. The van der Waals surface area contributed by atoms with E-state index >= 15 is 0 Å². The van der Waals surface area contributed by atoms with Gasteiger partial charge in [0.15, 0.2) is 11.6 Å². The monoisotopic (exact) mass is 422 g/mol. The Hall–Kier alpha value is -3.62. The molecule has 9 heteroatoms. The number of piperidine rings is 1. The number of carbonyl (C=O) groups is 1. The molecule has 1 atom stereocenters. The van der Waals surface area contributed by atoms with Crippen LogP contribution in [-0.4, -0.2) is 53.0 Å². The predicted molar refractivity (Wildman–Crippen MR) is 117 cm³/mol. The van der Waals surface area contributed by atoms with Crippen molar-refractivity contribution >= 4 is 17.4 Å². The number of anilines is 2. The Labute approximate surface area is 181 Å². The number of imidazole rings is 1. The molecule has 0 spiro atoms. The van der Waals surface area contributed by atoms with Crippen LogP contribution in [0.1, 0.15) is 18.7 Å². The second kappa shape index (κ2) is 9.03. The number of ether oxygens (including phenoxy) is 2. The highest BCUT2D eigenvalue weighted by molar-refractivity contribution is 5.94. The van der Waals surface area contributed by atoms with Gasteiger partial charge >= 0.3 is 0 Å². The van der Waals surface area contributed by atoms with Crippen LogP contribution in [0.15, 0.2) is 42.7 Å². The average Bonchev–Trinajstić information content (AvgIpc) is 3.25. The summed E-state index contributed by atoms with van der Waals surface area (Å²) >= 11 is 0. The van der Waals surface area contributed by atoms with Gasteiger partial charge in [-0.2, -0.15) is 0 Å². The van der Waals surface area contributed by atoms with E-state index in [2.05, 4.69) is 25.4 Å². The molecule has 0 aliphatic carbocycles. The first-order chi connectivity index (χ1) is 15.1. The number of nitrogens with one attached hydrogen (secondary N) is 1. The molecule has 1 fully saturated rings. The van der Waals surface area contributed by atoms with Crippen molar-refractivity contribution in [3.05, 3.63) is 48.5 Å². The van der Waals surface area contributed by atoms with Crippen LogP contribution in [0.2, 0.25) is 0 Å². The SMILES string of the molecule is COc1ccc(NC(=O)C2CCCN(c3ccc(-n4ccnc4C)nn3)C2)c(OC)c1. The summed E-state index contributed by atoms with van der Waals surface area (Å²) in [6.07, 6.45) is 5.31. The average molecular weight is 422 g/mol. The Morgan fingerprint density at radius 2 is 1.94 bits per heavy atom. The molecule has 1 aliphatic rings. The molecule has 0 saturated carbocycles. The van der Waals surface area contributed by atoms with E-state index in [1.165, 1.54) is 0 Å². The van der Waals surface area contributed by atoms with Crippen molar-refractivity contribution in [2.24, 2.45) is 5.92 Å². The van der Waals surface area contributed by atoms with Crippen molar-refractivity contribution in [2.75, 3.05) is 37.5 Å². The lowest BCUT2D eigenvalue weighted by Crippen LogP contribution is -2.41. The van der Waals surface area contributed by atoms with Crippen LogP contribution in [0.25, 0.3) is 5.82 Å². The zero-order valence-electron chi connectivity index (χ0n) is 17.9. The maximum Gasteiger partial charge on any atom is 0.229 e. The number of aromatic nitrogens is 4. The first-order valence-electron chi connectivity index (χ1n) is 10.2. The highest BCUT2D eigenvalue weighted by Crippen LogP contribution is 2.30. The van der Waals surface area contributed by atoms with Crippen LogP contribution in [0.4, 0.5) is 11.5 Å². The van der Waals surface area contributed by atoms with E-state index in [9.17, 15) is 4.79 Å². The number of amides is 1. The number of carbonyl (C=O) groups excluding carboxylic acids is 1. The maximum atomic E-state index is 12.9. The van der Waals surface area contributed by atoms with E-state index in [-0.39, 0.29) is 11.8 Å². The number of methoxy groups -OCH3 is 2. The Morgan fingerprint density at radius 1 is 1.13 bits per heavy atom. The molecule has 0 radical (unpaired) electrons. The van der Waals surface area contributed by atoms with Crippen LogP contribution >= 0.6 is 0 Å². The quantitative estimate of drug-likeness (QED) is 0.653. The molecule has 3 heterocycles. The van der Waals surface area contributed by atoms with Gasteiger partial charge in [0.1, 0.15) is 17.3 Å². The third-order valence-corrected chi connectivity index (χ3v) is 5.49. The number of hydrogen-bond acceptors (Lipinski definition) is 7. The van der Waals surface area contributed by atoms with Crippen LogP contribution in [0.5, 0.6) is 11.5 Å². The van der Waals surface area contributed by atoms with Crippen LogP contribution in [-0.2, 0) is 4.79 Å². The van der Waals surface area contributed by atoms with Crippen molar-refractivity contribution < 1.29 is 14.3 Å². The first kappa shape index (κ1) is 20.6. The largest absolute Gasteiger partial charge is 0.497 e. The van der Waals surface area contributed by atoms with Crippen molar-refractivity contribution in [3.8, 4) is 17.3 Å². The van der Waals surface area contributed by atoms with Gasteiger partial charge in [-0.25, -0.2) is 4.98 Å². The van der Waals surface area contributed by atoms with Crippen molar-refractivity contribution in [1.82, 2.24) is 19.7 Å². The molecular weight excluding hydrogens is 396 g/mol. The fourth-order valence-electron chi connectivity index (χ4n) is 3.77. The Morgan fingerprint density at radius 3 is 2.61 bits per heavy atom. The highest BCUT2D eigenvalue weighted by atomic mass is 16.5. The van der Waals surface area contributed by atoms with Crippen molar-refractivity contribution in [2.45, 2.75) is 19.8 Å². The molecule has 1 unspecified atom stereocenters. The lowest BCUT2D eigenvalue weighted by atomic mass is 9.97. The van der Waals surface area contributed by atoms with Crippen LogP contribution in [0, 0.1) is 12.8 Å². The molecule has 31 heavy (non-hydrogen) atoms. The van der Waals surface area contributed by atoms with Gasteiger partial charge in [0, 0.05) is 31.5 Å². The number of benzene rings is 1. The fraction of sp³-hybridized carbons (Fsp3) is 0.364. The molecule has 3 aromatic rings. The van der Waals surface area contributed by atoms with E-state index in [1.54, 1.807) is 38.6 Å². The van der Waals surface area contributed by atoms with Gasteiger partial charge in [-0.3, -0.25) is 9.36 Å². The Kier molecular flexibility index (Phi) is 6.01. The van der Waals surface area contributed by atoms with E-state index in [4.69, 9.17) is 9.47 Å². The molecule has 1 aromatic carbocycles. The molecule has 1 aliphatic heterocycles. The Balaban J connectivity index is 1.44. The summed E-state index contributed by atoms with van der Waals surface area (Å²) in [6.45, 7) is 3.34. The van der Waals surface area contributed by atoms with Gasteiger partial charge in [0.05, 0.1) is 25.8 Å². The molecular formula is C22H26N6O3. The van der Waals surface area contributed by atoms with Gasteiger partial charge in [-0.1, -0.05) is 0 Å². The third-order valence-electron chi connectivity index (χ3n) is 5.49. The summed E-state index contributed by atoms with van der Waals surface area (Å²) in [6, 6.07) is 9.20. The summed E-state index contributed by atoms with van der Waals surface area (Å²) in [5.41, 5.74) is 0.630. The molecule has 1 saturated heterocycles.